The van der Waals surface area contributed by atoms with Crippen molar-refractivity contribution in [2.24, 2.45) is 0 Å². The normalized spacial score (nSPS) is 21.6. The molecule has 0 radical (unpaired) electrons. The summed E-state index contributed by atoms with van der Waals surface area (Å²) >= 11 is 5.77. The number of hydrogen-bond acceptors (Lipinski definition) is 1. The molecule has 2 aromatic carbocycles. The zero-order valence-corrected chi connectivity index (χ0v) is 11.8. The van der Waals surface area contributed by atoms with Gasteiger partial charge in [-0.2, -0.15) is 0 Å². The van der Waals surface area contributed by atoms with Crippen molar-refractivity contribution in [2.45, 2.75) is 31.3 Å². The van der Waals surface area contributed by atoms with Gasteiger partial charge in [-0.05, 0) is 48.1 Å². The second-order valence-corrected chi connectivity index (χ2v) is 5.89. The lowest BCUT2D eigenvalue weighted by Gasteiger charge is -2.34. The van der Waals surface area contributed by atoms with E-state index in [0.717, 1.165) is 24.0 Å². The third kappa shape index (κ3) is 2.46. The lowest BCUT2D eigenvalue weighted by molar-refractivity contribution is 0.0182. The van der Waals surface area contributed by atoms with E-state index in [2.05, 4.69) is 0 Å². The molecule has 1 aliphatic carbocycles. The summed E-state index contributed by atoms with van der Waals surface area (Å²) in [6.45, 7) is 0. The van der Waals surface area contributed by atoms with Gasteiger partial charge in [0.05, 0.1) is 5.60 Å². The van der Waals surface area contributed by atoms with Crippen LogP contribution in [0.5, 0.6) is 0 Å². The first-order valence-electron chi connectivity index (χ1n) is 6.83. The van der Waals surface area contributed by atoms with Gasteiger partial charge in [0.1, 0.15) is 5.82 Å². The van der Waals surface area contributed by atoms with Gasteiger partial charge in [0.2, 0.25) is 0 Å². The van der Waals surface area contributed by atoms with Crippen LogP contribution in [0.25, 0.3) is 0 Å². The monoisotopic (exact) mass is 290 g/mol. The summed E-state index contributed by atoms with van der Waals surface area (Å²) in [5.74, 6) is -0.353. The van der Waals surface area contributed by atoms with Crippen LogP contribution in [0.3, 0.4) is 0 Å². The zero-order chi connectivity index (χ0) is 14.2. The largest absolute Gasteiger partial charge is 0.385 e. The maximum atomic E-state index is 14.0. The van der Waals surface area contributed by atoms with Gasteiger partial charge in [-0.3, -0.25) is 0 Å². The van der Waals surface area contributed by atoms with E-state index in [0.29, 0.717) is 17.0 Å². The molecule has 0 bridgehead atoms. The molecule has 1 atom stereocenters. The molecule has 0 aliphatic heterocycles. The summed E-state index contributed by atoms with van der Waals surface area (Å²) < 4.78 is 14.0. The first kappa shape index (κ1) is 13.6. The van der Waals surface area contributed by atoms with Gasteiger partial charge in [-0.25, -0.2) is 4.39 Å². The van der Waals surface area contributed by atoms with Crippen molar-refractivity contribution < 1.29 is 9.50 Å². The van der Waals surface area contributed by atoms with Gasteiger partial charge in [-0.15, -0.1) is 0 Å². The molecule has 1 N–H and O–H groups in total. The molecule has 1 nitrogen and oxygen atoms in total. The first-order chi connectivity index (χ1) is 9.58. The van der Waals surface area contributed by atoms with Gasteiger partial charge in [0.25, 0.3) is 0 Å². The Hall–Kier alpha value is -1.38. The topological polar surface area (TPSA) is 20.2 Å². The van der Waals surface area contributed by atoms with Gasteiger partial charge in [0.15, 0.2) is 0 Å². The van der Waals surface area contributed by atoms with Crippen molar-refractivity contribution in [3.05, 3.63) is 70.0 Å². The second-order valence-electron chi connectivity index (χ2n) is 5.45. The van der Waals surface area contributed by atoms with Gasteiger partial charge < -0.3 is 5.11 Å². The highest BCUT2D eigenvalue weighted by molar-refractivity contribution is 6.30. The molecule has 3 heteroatoms. The molecule has 20 heavy (non-hydrogen) atoms. The maximum absolute atomic E-state index is 14.0. The molecule has 2 aromatic rings. The van der Waals surface area contributed by atoms with Crippen LogP contribution in [0.2, 0.25) is 5.02 Å². The Kier molecular flexibility index (Phi) is 3.53. The predicted molar refractivity (Wildman–Crippen MR) is 78.4 cm³/mol. The molecule has 0 heterocycles. The first-order valence-corrected chi connectivity index (χ1v) is 7.21. The van der Waals surface area contributed by atoms with E-state index in [4.69, 9.17) is 11.6 Å². The summed E-state index contributed by atoms with van der Waals surface area (Å²) in [6.07, 6.45) is 2.84. The molecule has 0 saturated carbocycles. The minimum Gasteiger partial charge on any atom is -0.385 e. The SMILES string of the molecule is OC1(Cc2ccc(Cl)cc2F)CCCc2ccccc21. The molecular weight excluding hydrogens is 275 g/mol. The van der Waals surface area contributed by atoms with Crippen LogP contribution in [-0.4, -0.2) is 5.11 Å². The number of halogens is 2. The van der Waals surface area contributed by atoms with Crippen molar-refractivity contribution in [1.82, 2.24) is 0 Å². The summed E-state index contributed by atoms with van der Waals surface area (Å²) in [6, 6.07) is 12.5. The zero-order valence-electron chi connectivity index (χ0n) is 11.1. The lowest BCUT2D eigenvalue weighted by atomic mass is 9.76. The van der Waals surface area contributed by atoms with E-state index in [1.54, 1.807) is 12.1 Å². The fourth-order valence-electron chi connectivity index (χ4n) is 3.06. The molecule has 0 fully saturated rings. The smallest absolute Gasteiger partial charge is 0.127 e. The Bertz CT molecular complexity index is 641. The molecule has 104 valence electrons. The average Bonchev–Trinajstić information content (AvgIpc) is 2.43. The number of benzene rings is 2. The van der Waals surface area contributed by atoms with E-state index in [9.17, 15) is 9.50 Å². The van der Waals surface area contributed by atoms with Crippen LogP contribution in [0.15, 0.2) is 42.5 Å². The number of fused-ring (bicyclic) bond motifs is 1. The van der Waals surface area contributed by atoms with Crippen LogP contribution >= 0.6 is 11.6 Å². The molecule has 0 amide bonds. The summed E-state index contributed by atoms with van der Waals surface area (Å²) in [4.78, 5) is 0. The van der Waals surface area contributed by atoms with E-state index < -0.39 is 5.60 Å². The van der Waals surface area contributed by atoms with Gasteiger partial charge >= 0.3 is 0 Å². The number of aryl methyl sites for hydroxylation is 1. The minimum absolute atomic E-state index is 0.285. The van der Waals surface area contributed by atoms with Crippen molar-refractivity contribution >= 4 is 11.6 Å². The Morgan fingerprint density at radius 3 is 2.80 bits per heavy atom. The fraction of sp³-hybridized carbons (Fsp3) is 0.294. The molecule has 0 saturated heterocycles. The number of rotatable bonds is 2. The third-order valence-corrected chi connectivity index (χ3v) is 4.29. The summed E-state index contributed by atoms with van der Waals surface area (Å²) in [7, 11) is 0. The molecule has 3 rings (SSSR count). The quantitative estimate of drug-likeness (QED) is 0.877. The molecular formula is C17H16ClFO. The summed E-state index contributed by atoms with van der Waals surface area (Å²) in [5, 5.41) is 11.3. The molecule has 0 aromatic heterocycles. The highest BCUT2D eigenvalue weighted by Crippen LogP contribution is 2.38. The van der Waals surface area contributed by atoms with Crippen LogP contribution in [0, 0.1) is 5.82 Å². The lowest BCUT2D eigenvalue weighted by Crippen LogP contribution is -2.33. The Morgan fingerprint density at radius 2 is 2.00 bits per heavy atom. The number of hydrogen-bond donors (Lipinski definition) is 1. The minimum atomic E-state index is -0.983. The van der Waals surface area contributed by atoms with Crippen LogP contribution in [0.4, 0.5) is 4.39 Å². The highest BCUT2D eigenvalue weighted by Gasteiger charge is 2.34. The van der Waals surface area contributed by atoms with Gasteiger partial charge in [-0.1, -0.05) is 41.9 Å². The van der Waals surface area contributed by atoms with E-state index in [-0.39, 0.29) is 12.2 Å². The average molecular weight is 291 g/mol. The van der Waals surface area contributed by atoms with E-state index in [1.807, 2.05) is 24.3 Å². The Balaban J connectivity index is 1.98. The van der Waals surface area contributed by atoms with Crippen LogP contribution in [-0.2, 0) is 18.4 Å². The Morgan fingerprint density at radius 1 is 1.20 bits per heavy atom. The number of aliphatic hydroxyl groups is 1. The van der Waals surface area contributed by atoms with Gasteiger partial charge in [0, 0.05) is 11.4 Å². The fourth-order valence-corrected chi connectivity index (χ4v) is 3.22. The van der Waals surface area contributed by atoms with E-state index >= 15 is 0 Å². The molecule has 1 aliphatic rings. The van der Waals surface area contributed by atoms with Crippen molar-refractivity contribution in [3.8, 4) is 0 Å². The van der Waals surface area contributed by atoms with Crippen LogP contribution in [0.1, 0.15) is 29.5 Å². The molecule has 0 spiro atoms. The van der Waals surface area contributed by atoms with E-state index in [1.165, 1.54) is 6.07 Å². The van der Waals surface area contributed by atoms with Crippen LogP contribution < -0.4 is 0 Å². The Labute approximate surface area is 123 Å². The predicted octanol–water partition coefficient (Wildman–Crippen LogP) is 4.25. The van der Waals surface area contributed by atoms with Crippen molar-refractivity contribution in [1.29, 1.82) is 0 Å². The highest BCUT2D eigenvalue weighted by atomic mass is 35.5. The van der Waals surface area contributed by atoms with Crippen molar-refractivity contribution in [2.75, 3.05) is 0 Å². The standard InChI is InChI=1S/C17H16ClFO/c18-14-8-7-13(16(19)10-14)11-17(20)9-3-5-12-4-1-2-6-15(12)17/h1-2,4,6-8,10,20H,3,5,9,11H2. The second kappa shape index (κ2) is 5.19. The molecule has 1 unspecified atom stereocenters. The van der Waals surface area contributed by atoms with Crippen molar-refractivity contribution in [3.63, 3.8) is 0 Å². The third-order valence-electron chi connectivity index (χ3n) is 4.05. The maximum Gasteiger partial charge on any atom is 0.127 e. The summed E-state index contributed by atoms with van der Waals surface area (Å²) in [5.41, 5.74) is 1.62.